The van der Waals surface area contributed by atoms with Crippen LogP contribution in [0.3, 0.4) is 0 Å². The van der Waals surface area contributed by atoms with Crippen molar-refractivity contribution in [3.63, 3.8) is 0 Å². The highest BCUT2D eigenvalue weighted by Gasteiger charge is 2.06. The van der Waals surface area contributed by atoms with E-state index in [4.69, 9.17) is 0 Å². The summed E-state index contributed by atoms with van der Waals surface area (Å²) in [5, 5.41) is 0.804. The minimum absolute atomic E-state index is 0.426. The second-order valence-electron chi connectivity index (χ2n) is 3.23. The lowest BCUT2D eigenvalue weighted by Crippen LogP contribution is -2.27. The van der Waals surface area contributed by atoms with Crippen molar-refractivity contribution in [2.75, 3.05) is 11.9 Å². The number of rotatable bonds is 3. The molecule has 0 amide bonds. The standard InChI is InChI=1S/C9H14BrN3/c1-7(2)13(3)9-11-5-8(4-10)6-12-9/h5-7H,4H2,1-3H3. The summed E-state index contributed by atoms with van der Waals surface area (Å²) in [6.07, 6.45) is 3.69. The van der Waals surface area contributed by atoms with Crippen molar-refractivity contribution in [3.05, 3.63) is 18.0 Å². The largest absolute Gasteiger partial charge is 0.341 e. The van der Waals surface area contributed by atoms with Gasteiger partial charge in [0.15, 0.2) is 0 Å². The van der Waals surface area contributed by atoms with Crippen LogP contribution in [0.5, 0.6) is 0 Å². The molecule has 0 saturated heterocycles. The van der Waals surface area contributed by atoms with Crippen LogP contribution in [-0.4, -0.2) is 23.1 Å². The third-order valence-electron chi connectivity index (χ3n) is 1.94. The lowest BCUT2D eigenvalue weighted by Gasteiger charge is -2.20. The van der Waals surface area contributed by atoms with E-state index in [-0.39, 0.29) is 0 Å². The van der Waals surface area contributed by atoms with Gasteiger partial charge >= 0.3 is 0 Å². The Labute approximate surface area is 87.3 Å². The molecule has 0 spiro atoms. The molecule has 0 aliphatic rings. The minimum Gasteiger partial charge on any atom is -0.341 e. The molecular formula is C9H14BrN3. The Morgan fingerprint density at radius 2 is 1.92 bits per heavy atom. The van der Waals surface area contributed by atoms with Gasteiger partial charge in [0.2, 0.25) is 5.95 Å². The molecule has 72 valence electrons. The molecule has 0 fully saturated rings. The number of anilines is 1. The van der Waals surface area contributed by atoms with Crippen LogP contribution in [0.4, 0.5) is 5.95 Å². The number of alkyl halides is 1. The van der Waals surface area contributed by atoms with E-state index in [0.29, 0.717) is 6.04 Å². The van der Waals surface area contributed by atoms with Crippen molar-refractivity contribution in [3.8, 4) is 0 Å². The maximum Gasteiger partial charge on any atom is 0.225 e. The van der Waals surface area contributed by atoms with E-state index >= 15 is 0 Å². The van der Waals surface area contributed by atoms with E-state index in [9.17, 15) is 0 Å². The van der Waals surface area contributed by atoms with Crippen LogP contribution in [0.15, 0.2) is 12.4 Å². The second-order valence-corrected chi connectivity index (χ2v) is 3.79. The Kier molecular flexibility index (Phi) is 3.66. The van der Waals surface area contributed by atoms with E-state index in [0.717, 1.165) is 16.8 Å². The molecule has 13 heavy (non-hydrogen) atoms. The first-order chi connectivity index (χ1) is 6.15. The molecule has 0 aliphatic carbocycles. The summed E-state index contributed by atoms with van der Waals surface area (Å²) in [6.45, 7) is 4.23. The molecule has 1 rings (SSSR count). The highest BCUT2D eigenvalue weighted by Crippen LogP contribution is 2.09. The molecule has 3 nitrogen and oxygen atoms in total. The van der Waals surface area contributed by atoms with Crippen LogP contribution >= 0.6 is 15.9 Å². The third kappa shape index (κ3) is 2.66. The third-order valence-corrected chi connectivity index (χ3v) is 2.58. The highest BCUT2D eigenvalue weighted by molar-refractivity contribution is 9.08. The van der Waals surface area contributed by atoms with Crippen LogP contribution in [0, 0.1) is 0 Å². The van der Waals surface area contributed by atoms with Gasteiger partial charge < -0.3 is 4.90 Å². The Hall–Kier alpha value is -0.640. The van der Waals surface area contributed by atoms with Gasteiger partial charge in [0.05, 0.1) is 0 Å². The van der Waals surface area contributed by atoms with Crippen molar-refractivity contribution in [2.24, 2.45) is 0 Å². The Morgan fingerprint density at radius 1 is 1.38 bits per heavy atom. The average molecular weight is 244 g/mol. The molecule has 0 atom stereocenters. The molecule has 0 unspecified atom stereocenters. The Balaban J connectivity index is 2.79. The topological polar surface area (TPSA) is 29.0 Å². The predicted molar refractivity (Wildman–Crippen MR) is 58.2 cm³/mol. The lowest BCUT2D eigenvalue weighted by atomic mass is 10.3. The lowest BCUT2D eigenvalue weighted by molar-refractivity contribution is 0.728. The molecule has 0 aromatic carbocycles. The van der Waals surface area contributed by atoms with Gasteiger partial charge in [-0.15, -0.1) is 0 Å². The van der Waals surface area contributed by atoms with Gasteiger partial charge in [-0.25, -0.2) is 9.97 Å². The number of aromatic nitrogens is 2. The fraction of sp³-hybridized carbons (Fsp3) is 0.556. The molecule has 0 radical (unpaired) electrons. The van der Waals surface area contributed by atoms with E-state index in [1.54, 1.807) is 0 Å². The van der Waals surface area contributed by atoms with Crippen molar-refractivity contribution in [1.29, 1.82) is 0 Å². The Bertz CT molecular complexity index is 258. The normalized spacial score (nSPS) is 10.5. The van der Waals surface area contributed by atoms with Gasteiger partial charge in [0.25, 0.3) is 0 Å². The zero-order chi connectivity index (χ0) is 9.84. The summed E-state index contributed by atoms with van der Waals surface area (Å²) in [6, 6.07) is 0.426. The summed E-state index contributed by atoms with van der Waals surface area (Å²) in [4.78, 5) is 10.6. The second kappa shape index (κ2) is 4.56. The predicted octanol–water partition coefficient (Wildman–Crippen LogP) is 2.22. The first-order valence-corrected chi connectivity index (χ1v) is 5.37. The molecule has 0 N–H and O–H groups in total. The van der Waals surface area contributed by atoms with Gasteiger partial charge in [0.1, 0.15) is 0 Å². The SMILES string of the molecule is CC(C)N(C)c1ncc(CBr)cn1. The summed E-state index contributed by atoms with van der Waals surface area (Å²) in [5.74, 6) is 0.778. The Morgan fingerprint density at radius 3 is 2.31 bits per heavy atom. The molecular weight excluding hydrogens is 230 g/mol. The average Bonchev–Trinajstić information content (AvgIpc) is 2.17. The van der Waals surface area contributed by atoms with Crippen molar-refractivity contribution in [2.45, 2.75) is 25.2 Å². The molecule has 1 heterocycles. The molecule has 1 aromatic heterocycles. The fourth-order valence-corrected chi connectivity index (χ4v) is 1.12. The van der Waals surface area contributed by atoms with Crippen LogP contribution in [-0.2, 0) is 5.33 Å². The van der Waals surface area contributed by atoms with Gasteiger partial charge in [-0.2, -0.15) is 0 Å². The maximum absolute atomic E-state index is 4.26. The van der Waals surface area contributed by atoms with Crippen LogP contribution in [0.25, 0.3) is 0 Å². The van der Waals surface area contributed by atoms with E-state index in [2.05, 4.69) is 39.7 Å². The van der Waals surface area contributed by atoms with Gasteiger partial charge in [-0.05, 0) is 19.4 Å². The maximum atomic E-state index is 4.26. The molecule has 0 bridgehead atoms. The number of hydrogen-bond donors (Lipinski definition) is 0. The fourth-order valence-electron chi connectivity index (χ4n) is 0.830. The summed E-state index contributed by atoms with van der Waals surface area (Å²) >= 11 is 3.35. The van der Waals surface area contributed by atoms with E-state index < -0.39 is 0 Å². The van der Waals surface area contributed by atoms with Crippen LogP contribution in [0.1, 0.15) is 19.4 Å². The minimum atomic E-state index is 0.426. The molecule has 1 aromatic rings. The van der Waals surface area contributed by atoms with Crippen LogP contribution in [0.2, 0.25) is 0 Å². The van der Waals surface area contributed by atoms with Gasteiger partial charge in [-0.1, -0.05) is 15.9 Å². The van der Waals surface area contributed by atoms with Crippen LogP contribution < -0.4 is 4.90 Å². The molecule has 0 aliphatic heterocycles. The first-order valence-electron chi connectivity index (χ1n) is 4.25. The zero-order valence-electron chi connectivity index (χ0n) is 8.16. The summed E-state index contributed by atoms with van der Waals surface area (Å²) in [7, 11) is 1.99. The van der Waals surface area contributed by atoms with Crippen molar-refractivity contribution in [1.82, 2.24) is 9.97 Å². The van der Waals surface area contributed by atoms with Gasteiger partial charge in [-0.3, -0.25) is 0 Å². The highest BCUT2D eigenvalue weighted by atomic mass is 79.9. The first kappa shape index (κ1) is 10.4. The smallest absolute Gasteiger partial charge is 0.225 e. The summed E-state index contributed by atoms with van der Waals surface area (Å²) in [5.41, 5.74) is 1.10. The molecule has 0 saturated carbocycles. The number of halogens is 1. The monoisotopic (exact) mass is 243 g/mol. The van der Waals surface area contributed by atoms with Crippen molar-refractivity contribution >= 4 is 21.9 Å². The van der Waals surface area contributed by atoms with Crippen molar-refractivity contribution < 1.29 is 0 Å². The van der Waals surface area contributed by atoms with E-state index in [1.165, 1.54) is 0 Å². The molecule has 4 heteroatoms. The van der Waals surface area contributed by atoms with Gasteiger partial charge in [0, 0.05) is 30.8 Å². The zero-order valence-corrected chi connectivity index (χ0v) is 9.74. The quantitative estimate of drug-likeness (QED) is 0.763. The van der Waals surface area contributed by atoms with E-state index in [1.807, 2.05) is 24.3 Å². The number of hydrogen-bond acceptors (Lipinski definition) is 3. The number of nitrogens with zero attached hydrogens (tertiary/aromatic N) is 3. The summed E-state index contributed by atoms with van der Waals surface area (Å²) < 4.78 is 0.